The first-order chi connectivity index (χ1) is 14.5. The lowest BCUT2D eigenvalue weighted by molar-refractivity contribution is -0.129. The molecule has 1 aromatic carbocycles. The molecular formula is C22H20FN5O2. The number of aromatic nitrogens is 3. The second-order valence-corrected chi connectivity index (χ2v) is 7.10. The minimum absolute atomic E-state index is 0.0360. The first kappa shape index (κ1) is 19.5. The Hall–Kier alpha value is -3.81. The van der Waals surface area contributed by atoms with E-state index in [0.29, 0.717) is 18.8 Å². The third kappa shape index (κ3) is 3.59. The Balaban J connectivity index is 1.94. The number of carbonyl (C=O) groups is 2. The van der Waals surface area contributed by atoms with E-state index in [0.717, 1.165) is 22.4 Å². The van der Waals surface area contributed by atoms with Crippen molar-refractivity contribution in [3.05, 3.63) is 73.0 Å². The van der Waals surface area contributed by atoms with Crippen LogP contribution in [0.5, 0.6) is 0 Å². The zero-order valence-corrected chi connectivity index (χ0v) is 16.2. The largest absolute Gasteiger partial charge is 0.370 e. The second kappa shape index (κ2) is 7.90. The molecule has 1 atom stereocenters. The van der Waals surface area contributed by atoms with Crippen LogP contribution in [0.3, 0.4) is 0 Å². The molecule has 2 N–H and O–H groups in total. The fraction of sp³-hybridized carbons (Fsp3) is 0.182. The van der Waals surface area contributed by atoms with Gasteiger partial charge in [0.2, 0.25) is 11.8 Å². The number of nitrogens with zero attached hydrogens (tertiary/aromatic N) is 4. The summed E-state index contributed by atoms with van der Waals surface area (Å²) >= 11 is 0. The van der Waals surface area contributed by atoms with E-state index in [2.05, 4.69) is 11.6 Å². The third-order valence-corrected chi connectivity index (χ3v) is 5.14. The first-order valence-electron chi connectivity index (χ1n) is 9.45. The monoisotopic (exact) mass is 405 g/mol. The number of carbonyl (C=O) groups excluding carboxylic acids is 2. The Morgan fingerprint density at radius 1 is 1.17 bits per heavy atom. The molecule has 2 amide bonds. The van der Waals surface area contributed by atoms with Crippen molar-refractivity contribution in [3.8, 4) is 22.4 Å². The fourth-order valence-electron chi connectivity index (χ4n) is 3.81. The summed E-state index contributed by atoms with van der Waals surface area (Å²) in [6.07, 6.45) is 4.63. The SMILES string of the molecule is C=CC(=O)N1Cc2c(-c3ccncc3)c(-c3ccc(F)cc3)nn2C(CC(N)=O)C1. The van der Waals surface area contributed by atoms with Gasteiger partial charge in [-0.3, -0.25) is 19.3 Å². The van der Waals surface area contributed by atoms with Crippen LogP contribution in [-0.4, -0.2) is 38.0 Å². The van der Waals surface area contributed by atoms with Crippen molar-refractivity contribution in [2.75, 3.05) is 6.54 Å². The van der Waals surface area contributed by atoms with Gasteiger partial charge in [-0.1, -0.05) is 6.58 Å². The van der Waals surface area contributed by atoms with Crippen molar-refractivity contribution >= 4 is 11.8 Å². The highest BCUT2D eigenvalue weighted by molar-refractivity contribution is 5.88. The molecule has 8 heteroatoms. The number of hydrogen-bond acceptors (Lipinski definition) is 4. The van der Waals surface area contributed by atoms with Gasteiger partial charge in [-0.2, -0.15) is 5.10 Å². The minimum atomic E-state index is -0.483. The highest BCUT2D eigenvalue weighted by atomic mass is 19.1. The smallest absolute Gasteiger partial charge is 0.246 e. The van der Waals surface area contributed by atoms with Crippen molar-refractivity contribution in [1.29, 1.82) is 0 Å². The molecule has 1 aliphatic rings. The lowest BCUT2D eigenvalue weighted by atomic mass is 9.98. The Kier molecular flexibility index (Phi) is 5.14. The highest BCUT2D eigenvalue weighted by Crippen LogP contribution is 2.39. The van der Waals surface area contributed by atoms with Gasteiger partial charge < -0.3 is 10.6 Å². The van der Waals surface area contributed by atoms with Crippen molar-refractivity contribution < 1.29 is 14.0 Å². The molecule has 1 unspecified atom stereocenters. The van der Waals surface area contributed by atoms with E-state index in [9.17, 15) is 14.0 Å². The van der Waals surface area contributed by atoms with Gasteiger partial charge in [0, 0.05) is 30.1 Å². The zero-order valence-electron chi connectivity index (χ0n) is 16.2. The van der Waals surface area contributed by atoms with Crippen LogP contribution in [0.2, 0.25) is 0 Å². The van der Waals surface area contributed by atoms with Gasteiger partial charge in [0.15, 0.2) is 0 Å². The van der Waals surface area contributed by atoms with E-state index in [-0.39, 0.29) is 18.1 Å². The lowest BCUT2D eigenvalue weighted by Crippen LogP contribution is -2.42. The van der Waals surface area contributed by atoms with Gasteiger partial charge in [0.25, 0.3) is 0 Å². The summed E-state index contributed by atoms with van der Waals surface area (Å²) in [5.41, 5.74) is 9.26. The molecule has 152 valence electrons. The summed E-state index contributed by atoms with van der Waals surface area (Å²) in [5, 5.41) is 4.78. The van der Waals surface area contributed by atoms with E-state index in [4.69, 9.17) is 10.8 Å². The molecule has 0 aliphatic carbocycles. The minimum Gasteiger partial charge on any atom is -0.370 e. The van der Waals surface area contributed by atoms with Crippen LogP contribution < -0.4 is 5.73 Å². The van der Waals surface area contributed by atoms with Crippen molar-refractivity contribution in [1.82, 2.24) is 19.7 Å². The summed E-state index contributed by atoms with van der Waals surface area (Å²) in [7, 11) is 0. The van der Waals surface area contributed by atoms with E-state index < -0.39 is 11.9 Å². The van der Waals surface area contributed by atoms with Gasteiger partial charge in [0.1, 0.15) is 11.5 Å². The number of rotatable bonds is 5. The van der Waals surface area contributed by atoms with Gasteiger partial charge in [-0.15, -0.1) is 0 Å². The summed E-state index contributed by atoms with van der Waals surface area (Å²) in [6.45, 7) is 4.16. The van der Waals surface area contributed by atoms with Crippen LogP contribution in [0.4, 0.5) is 4.39 Å². The van der Waals surface area contributed by atoms with Crippen molar-refractivity contribution in [2.24, 2.45) is 5.73 Å². The summed E-state index contributed by atoms with van der Waals surface area (Å²) in [4.78, 5) is 29.8. The van der Waals surface area contributed by atoms with E-state index >= 15 is 0 Å². The second-order valence-electron chi connectivity index (χ2n) is 7.10. The molecule has 3 aromatic rings. The first-order valence-corrected chi connectivity index (χ1v) is 9.45. The number of benzene rings is 1. The number of primary amides is 1. The topological polar surface area (TPSA) is 94.1 Å². The van der Waals surface area contributed by atoms with E-state index in [1.807, 2.05) is 12.1 Å². The quantitative estimate of drug-likeness (QED) is 0.661. The molecule has 0 saturated heterocycles. The predicted octanol–water partition coefficient (Wildman–Crippen LogP) is 2.70. The van der Waals surface area contributed by atoms with Gasteiger partial charge in [-0.05, 0) is 48.0 Å². The van der Waals surface area contributed by atoms with Gasteiger partial charge >= 0.3 is 0 Å². The van der Waals surface area contributed by atoms with Crippen LogP contribution in [0.25, 0.3) is 22.4 Å². The van der Waals surface area contributed by atoms with Gasteiger partial charge in [-0.25, -0.2) is 4.39 Å². The highest BCUT2D eigenvalue weighted by Gasteiger charge is 2.33. The van der Waals surface area contributed by atoms with Gasteiger partial charge in [0.05, 0.1) is 24.7 Å². The normalized spacial score (nSPS) is 15.5. The molecule has 0 radical (unpaired) electrons. The molecule has 0 saturated carbocycles. The number of fused-ring (bicyclic) bond motifs is 1. The molecule has 0 bridgehead atoms. The maximum atomic E-state index is 13.5. The Bertz CT molecular complexity index is 1110. The lowest BCUT2D eigenvalue weighted by Gasteiger charge is -2.33. The number of hydrogen-bond donors (Lipinski definition) is 1. The fourth-order valence-corrected chi connectivity index (χ4v) is 3.81. The molecule has 4 rings (SSSR count). The number of pyridine rings is 1. The molecule has 0 spiro atoms. The van der Waals surface area contributed by atoms with Crippen molar-refractivity contribution in [2.45, 2.75) is 19.0 Å². The van der Waals surface area contributed by atoms with E-state index in [1.54, 1.807) is 34.1 Å². The van der Waals surface area contributed by atoms with Crippen LogP contribution >= 0.6 is 0 Å². The van der Waals surface area contributed by atoms with Crippen LogP contribution in [0.1, 0.15) is 18.2 Å². The molecule has 3 heterocycles. The molecule has 2 aromatic heterocycles. The Morgan fingerprint density at radius 3 is 2.50 bits per heavy atom. The van der Waals surface area contributed by atoms with Crippen LogP contribution in [-0.2, 0) is 16.1 Å². The van der Waals surface area contributed by atoms with Crippen LogP contribution in [0, 0.1) is 5.82 Å². The van der Waals surface area contributed by atoms with E-state index in [1.165, 1.54) is 18.2 Å². The molecule has 7 nitrogen and oxygen atoms in total. The Labute approximate surface area is 172 Å². The maximum Gasteiger partial charge on any atom is 0.246 e. The van der Waals surface area contributed by atoms with Crippen LogP contribution in [0.15, 0.2) is 61.4 Å². The zero-order chi connectivity index (χ0) is 21.3. The average molecular weight is 405 g/mol. The number of amides is 2. The molecule has 30 heavy (non-hydrogen) atoms. The molecular weight excluding hydrogens is 385 g/mol. The summed E-state index contributed by atoms with van der Waals surface area (Å²) in [5.74, 6) is -1.06. The summed E-state index contributed by atoms with van der Waals surface area (Å²) in [6, 6.07) is 9.35. The molecule has 1 aliphatic heterocycles. The van der Waals surface area contributed by atoms with Crippen molar-refractivity contribution in [3.63, 3.8) is 0 Å². The number of nitrogens with two attached hydrogens (primary N) is 1. The Morgan fingerprint density at radius 2 is 1.87 bits per heavy atom. The predicted molar refractivity (Wildman–Crippen MR) is 109 cm³/mol. The number of halogens is 1. The molecule has 0 fully saturated rings. The standard InChI is InChI=1S/C22H20FN5O2/c1-2-20(30)27-12-17(11-19(24)29)28-18(13-27)21(14-7-9-25-10-8-14)22(26-28)15-3-5-16(23)6-4-15/h2-10,17H,1,11-13H2,(H2,24,29). The third-order valence-electron chi connectivity index (χ3n) is 5.14. The average Bonchev–Trinajstić information content (AvgIpc) is 3.13. The maximum absolute atomic E-state index is 13.5. The summed E-state index contributed by atoms with van der Waals surface area (Å²) < 4.78 is 15.3.